The van der Waals surface area contributed by atoms with Crippen molar-refractivity contribution in [2.75, 3.05) is 13.2 Å². The number of halogens is 1. The molecule has 1 aliphatic heterocycles. The van der Waals surface area contributed by atoms with Crippen LogP contribution in [-0.4, -0.2) is 13.2 Å². The lowest BCUT2D eigenvalue weighted by atomic mass is 9.93. The summed E-state index contributed by atoms with van der Waals surface area (Å²) in [5.74, 6) is 0.438. The van der Waals surface area contributed by atoms with E-state index in [4.69, 9.17) is 22.1 Å². The highest BCUT2D eigenvalue weighted by atomic mass is 35.5. The molecule has 2 rings (SSSR count). The van der Waals surface area contributed by atoms with E-state index in [0.29, 0.717) is 5.92 Å². The van der Waals surface area contributed by atoms with E-state index < -0.39 is 0 Å². The fourth-order valence-corrected chi connectivity index (χ4v) is 2.02. The molecule has 1 heterocycles. The van der Waals surface area contributed by atoms with E-state index in [1.54, 1.807) is 0 Å². The Kier molecular flexibility index (Phi) is 3.06. The summed E-state index contributed by atoms with van der Waals surface area (Å²) < 4.78 is 5.32. The molecule has 14 heavy (non-hydrogen) atoms. The Hall–Kier alpha value is -0.570. The molecule has 1 aromatic carbocycles. The van der Waals surface area contributed by atoms with E-state index in [0.717, 1.165) is 30.2 Å². The van der Waals surface area contributed by atoms with Gasteiger partial charge in [-0.2, -0.15) is 0 Å². The lowest BCUT2D eigenvalue weighted by Gasteiger charge is -2.17. The van der Waals surface area contributed by atoms with Gasteiger partial charge in [0.15, 0.2) is 0 Å². The van der Waals surface area contributed by atoms with Gasteiger partial charge in [-0.05, 0) is 24.1 Å². The summed E-state index contributed by atoms with van der Waals surface area (Å²) in [5.41, 5.74) is 7.24. The zero-order chi connectivity index (χ0) is 9.97. The highest BCUT2D eigenvalue weighted by molar-refractivity contribution is 6.30. The summed E-state index contributed by atoms with van der Waals surface area (Å²) in [4.78, 5) is 0. The van der Waals surface area contributed by atoms with Crippen LogP contribution >= 0.6 is 11.6 Å². The minimum Gasteiger partial charge on any atom is -0.381 e. The summed E-state index contributed by atoms with van der Waals surface area (Å²) in [6, 6.07) is 7.81. The topological polar surface area (TPSA) is 35.2 Å². The number of benzene rings is 1. The van der Waals surface area contributed by atoms with Crippen molar-refractivity contribution >= 4 is 11.6 Å². The molecule has 0 radical (unpaired) electrons. The van der Waals surface area contributed by atoms with Crippen LogP contribution in [0.4, 0.5) is 0 Å². The summed E-state index contributed by atoms with van der Waals surface area (Å²) in [6.45, 7) is 1.60. The van der Waals surface area contributed by atoms with Crippen LogP contribution < -0.4 is 5.73 Å². The Morgan fingerprint density at radius 2 is 2.36 bits per heavy atom. The Labute approximate surface area is 89.0 Å². The Morgan fingerprint density at radius 3 is 3.00 bits per heavy atom. The highest BCUT2D eigenvalue weighted by Gasteiger charge is 2.23. The van der Waals surface area contributed by atoms with Crippen molar-refractivity contribution in [1.29, 1.82) is 0 Å². The first-order valence-electron chi connectivity index (χ1n) is 4.86. The van der Waals surface area contributed by atoms with Crippen molar-refractivity contribution in [2.45, 2.75) is 12.5 Å². The van der Waals surface area contributed by atoms with Gasteiger partial charge in [0.25, 0.3) is 0 Å². The molecule has 1 saturated heterocycles. The highest BCUT2D eigenvalue weighted by Crippen LogP contribution is 2.27. The molecule has 0 spiro atoms. The van der Waals surface area contributed by atoms with Crippen LogP contribution in [-0.2, 0) is 4.74 Å². The molecule has 2 nitrogen and oxygen atoms in total. The van der Waals surface area contributed by atoms with E-state index >= 15 is 0 Å². The van der Waals surface area contributed by atoms with Gasteiger partial charge in [0.2, 0.25) is 0 Å². The predicted molar refractivity (Wildman–Crippen MR) is 57.3 cm³/mol. The molecule has 0 aliphatic carbocycles. The van der Waals surface area contributed by atoms with Gasteiger partial charge in [-0.25, -0.2) is 0 Å². The zero-order valence-corrected chi connectivity index (χ0v) is 8.70. The summed E-state index contributed by atoms with van der Waals surface area (Å²) in [7, 11) is 0. The number of hydrogen-bond donors (Lipinski definition) is 1. The van der Waals surface area contributed by atoms with Gasteiger partial charge >= 0.3 is 0 Å². The predicted octanol–water partition coefficient (Wildman–Crippen LogP) is 2.38. The molecule has 2 atom stereocenters. The van der Waals surface area contributed by atoms with Gasteiger partial charge in [0, 0.05) is 23.6 Å². The smallest absolute Gasteiger partial charge is 0.0513 e. The standard InChI is InChI=1S/C11H14ClNO/c12-10-3-1-2-8(6-10)11(13)9-4-5-14-7-9/h1-3,6,9,11H,4-5,7,13H2. The molecule has 3 heteroatoms. The Bertz CT molecular complexity index is 310. The molecule has 0 saturated carbocycles. The fourth-order valence-electron chi connectivity index (χ4n) is 1.82. The first kappa shape index (κ1) is 9.97. The van der Waals surface area contributed by atoms with Crippen LogP contribution in [0.5, 0.6) is 0 Å². The second-order valence-corrected chi connectivity index (χ2v) is 4.14. The maximum Gasteiger partial charge on any atom is 0.0513 e. The third-order valence-corrected chi connectivity index (χ3v) is 2.94. The number of nitrogens with two attached hydrogens (primary N) is 1. The molecular weight excluding hydrogens is 198 g/mol. The average Bonchev–Trinajstić information content (AvgIpc) is 2.69. The SMILES string of the molecule is NC(c1cccc(Cl)c1)C1CCOC1. The van der Waals surface area contributed by atoms with Crippen LogP contribution in [0.2, 0.25) is 5.02 Å². The van der Waals surface area contributed by atoms with Crippen molar-refractivity contribution in [2.24, 2.45) is 11.7 Å². The second-order valence-electron chi connectivity index (χ2n) is 3.70. The summed E-state index contributed by atoms with van der Waals surface area (Å²) >= 11 is 5.91. The van der Waals surface area contributed by atoms with Gasteiger partial charge in [0.1, 0.15) is 0 Å². The van der Waals surface area contributed by atoms with E-state index in [-0.39, 0.29) is 6.04 Å². The molecule has 1 aliphatic rings. The number of ether oxygens (including phenoxy) is 1. The summed E-state index contributed by atoms with van der Waals surface area (Å²) in [5, 5.41) is 0.747. The average molecular weight is 212 g/mol. The van der Waals surface area contributed by atoms with Crippen LogP contribution in [0.3, 0.4) is 0 Å². The van der Waals surface area contributed by atoms with Crippen molar-refractivity contribution in [3.63, 3.8) is 0 Å². The Balaban J connectivity index is 2.13. The molecule has 76 valence electrons. The van der Waals surface area contributed by atoms with Crippen molar-refractivity contribution in [3.8, 4) is 0 Å². The Morgan fingerprint density at radius 1 is 1.50 bits per heavy atom. The monoisotopic (exact) mass is 211 g/mol. The first-order valence-corrected chi connectivity index (χ1v) is 5.24. The minimum atomic E-state index is 0.0520. The quantitative estimate of drug-likeness (QED) is 0.815. The lowest BCUT2D eigenvalue weighted by molar-refractivity contribution is 0.181. The third-order valence-electron chi connectivity index (χ3n) is 2.71. The van der Waals surface area contributed by atoms with Crippen molar-refractivity contribution in [3.05, 3.63) is 34.9 Å². The second kappa shape index (κ2) is 4.30. The third kappa shape index (κ3) is 2.08. The number of rotatable bonds is 2. The lowest BCUT2D eigenvalue weighted by Crippen LogP contribution is -2.21. The van der Waals surface area contributed by atoms with Gasteiger partial charge in [-0.1, -0.05) is 23.7 Å². The van der Waals surface area contributed by atoms with Crippen molar-refractivity contribution in [1.82, 2.24) is 0 Å². The molecule has 1 aromatic rings. The molecule has 0 amide bonds. The largest absolute Gasteiger partial charge is 0.381 e. The zero-order valence-electron chi connectivity index (χ0n) is 7.95. The normalized spacial score (nSPS) is 23.7. The number of hydrogen-bond acceptors (Lipinski definition) is 2. The minimum absolute atomic E-state index is 0.0520. The van der Waals surface area contributed by atoms with E-state index in [2.05, 4.69) is 0 Å². The molecular formula is C11H14ClNO. The van der Waals surface area contributed by atoms with Crippen LogP contribution in [0.25, 0.3) is 0 Å². The summed E-state index contributed by atoms with van der Waals surface area (Å²) in [6.07, 6.45) is 1.05. The van der Waals surface area contributed by atoms with E-state index in [9.17, 15) is 0 Å². The fraction of sp³-hybridized carbons (Fsp3) is 0.455. The van der Waals surface area contributed by atoms with Crippen LogP contribution in [0.1, 0.15) is 18.0 Å². The van der Waals surface area contributed by atoms with Gasteiger partial charge in [0.05, 0.1) is 6.61 Å². The van der Waals surface area contributed by atoms with Crippen LogP contribution in [0.15, 0.2) is 24.3 Å². The first-order chi connectivity index (χ1) is 6.77. The van der Waals surface area contributed by atoms with Gasteiger partial charge in [-0.15, -0.1) is 0 Å². The van der Waals surface area contributed by atoms with E-state index in [1.807, 2.05) is 24.3 Å². The maximum absolute atomic E-state index is 6.13. The van der Waals surface area contributed by atoms with Gasteiger partial charge in [-0.3, -0.25) is 0 Å². The van der Waals surface area contributed by atoms with E-state index in [1.165, 1.54) is 0 Å². The van der Waals surface area contributed by atoms with Gasteiger partial charge < -0.3 is 10.5 Å². The molecule has 2 unspecified atom stereocenters. The molecule has 2 N–H and O–H groups in total. The molecule has 0 aromatic heterocycles. The van der Waals surface area contributed by atoms with Crippen LogP contribution in [0, 0.1) is 5.92 Å². The van der Waals surface area contributed by atoms with Crippen molar-refractivity contribution < 1.29 is 4.74 Å². The molecule has 1 fully saturated rings. The molecule has 0 bridgehead atoms. The maximum atomic E-state index is 6.13.